The normalized spacial score (nSPS) is 20.1. The summed E-state index contributed by atoms with van der Waals surface area (Å²) in [4.78, 5) is 4.99. The minimum Gasteiger partial charge on any atom is -0.497 e. The summed E-state index contributed by atoms with van der Waals surface area (Å²) in [6.07, 6.45) is 6.03. The number of tetrazole rings is 1. The molecule has 2 aromatic rings. The van der Waals surface area contributed by atoms with Crippen molar-refractivity contribution >= 4 is 5.69 Å². The zero-order valence-electron chi connectivity index (χ0n) is 16.4. The van der Waals surface area contributed by atoms with E-state index in [1.54, 1.807) is 7.11 Å². The average Bonchev–Trinajstić information content (AvgIpc) is 3.41. The molecule has 1 saturated heterocycles. The van der Waals surface area contributed by atoms with Crippen LogP contribution in [-0.4, -0.2) is 58.4 Å². The molecule has 27 heavy (non-hydrogen) atoms. The zero-order valence-corrected chi connectivity index (χ0v) is 16.4. The highest BCUT2D eigenvalue weighted by Crippen LogP contribution is 2.33. The Kier molecular flexibility index (Phi) is 5.57. The number of hydrogen-bond acceptors (Lipinski definition) is 6. The summed E-state index contributed by atoms with van der Waals surface area (Å²) in [6.45, 7) is 6.30. The Balaban J connectivity index is 1.44. The lowest BCUT2D eigenvalue weighted by Gasteiger charge is -2.39. The molecule has 0 amide bonds. The van der Waals surface area contributed by atoms with Crippen LogP contribution in [0.3, 0.4) is 0 Å². The topological polar surface area (TPSA) is 59.3 Å². The number of benzene rings is 1. The smallest absolute Gasteiger partial charge is 0.168 e. The Bertz CT molecular complexity index is 734. The molecule has 1 aromatic heterocycles. The van der Waals surface area contributed by atoms with Gasteiger partial charge in [-0.25, -0.2) is 4.68 Å². The Hall–Kier alpha value is -2.15. The third-order valence-electron chi connectivity index (χ3n) is 6.05. The largest absolute Gasteiger partial charge is 0.497 e. The number of ether oxygens (including phenoxy) is 1. The second-order valence-corrected chi connectivity index (χ2v) is 7.57. The van der Waals surface area contributed by atoms with E-state index in [9.17, 15) is 0 Å². The van der Waals surface area contributed by atoms with Crippen LogP contribution >= 0.6 is 0 Å². The van der Waals surface area contributed by atoms with Gasteiger partial charge in [-0.2, -0.15) is 0 Å². The minimum absolute atomic E-state index is 0.299. The van der Waals surface area contributed by atoms with Crippen LogP contribution < -0.4 is 9.64 Å². The summed E-state index contributed by atoms with van der Waals surface area (Å²) in [6, 6.07) is 9.13. The second-order valence-electron chi connectivity index (χ2n) is 7.57. The SMILES string of the molecule is CCC(c1nnnn1C1CCCC1)N1CCN(c2cccc(OC)c2)CC1. The van der Waals surface area contributed by atoms with Crippen LogP contribution in [0.4, 0.5) is 5.69 Å². The second kappa shape index (κ2) is 8.25. The Morgan fingerprint density at radius 3 is 2.63 bits per heavy atom. The summed E-state index contributed by atoms with van der Waals surface area (Å²) >= 11 is 0. The summed E-state index contributed by atoms with van der Waals surface area (Å²) in [5.41, 5.74) is 1.23. The Morgan fingerprint density at radius 1 is 1.15 bits per heavy atom. The van der Waals surface area contributed by atoms with Crippen molar-refractivity contribution in [2.75, 3.05) is 38.2 Å². The number of anilines is 1. The molecule has 2 heterocycles. The van der Waals surface area contributed by atoms with Gasteiger partial charge in [-0.05, 0) is 41.8 Å². The van der Waals surface area contributed by atoms with E-state index in [4.69, 9.17) is 4.74 Å². The van der Waals surface area contributed by atoms with Gasteiger partial charge in [-0.15, -0.1) is 5.10 Å². The van der Waals surface area contributed by atoms with Crippen molar-refractivity contribution in [3.05, 3.63) is 30.1 Å². The highest BCUT2D eigenvalue weighted by atomic mass is 16.5. The van der Waals surface area contributed by atoms with Gasteiger partial charge in [0.25, 0.3) is 0 Å². The number of aromatic nitrogens is 4. The lowest BCUT2D eigenvalue weighted by Crippen LogP contribution is -2.48. The Morgan fingerprint density at radius 2 is 1.93 bits per heavy atom. The fraction of sp³-hybridized carbons (Fsp3) is 0.650. The molecule has 2 fully saturated rings. The lowest BCUT2D eigenvalue weighted by atomic mass is 10.1. The summed E-state index contributed by atoms with van der Waals surface area (Å²) in [5, 5.41) is 12.8. The van der Waals surface area contributed by atoms with E-state index in [0.717, 1.165) is 44.2 Å². The number of nitrogens with zero attached hydrogens (tertiary/aromatic N) is 6. The van der Waals surface area contributed by atoms with Crippen molar-refractivity contribution in [2.24, 2.45) is 0 Å². The van der Waals surface area contributed by atoms with E-state index in [1.165, 1.54) is 31.4 Å². The standard InChI is InChI=1S/C20H30N6O/c1-3-19(20-21-22-23-26(20)16-7-4-5-8-16)25-13-11-24(12-14-25)17-9-6-10-18(15-17)27-2/h6,9-10,15-16,19H,3-5,7-8,11-14H2,1-2H3. The number of piperazine rings is 1. The van der Waals surface area contributed by atoms with Gasteiger partial charge < -0.3 is 9.64 Å². The molecule has 1 aliphatic heterocycles. The van der Waals surface area contributed by atoms with Gasteiger partial charge in [0, 0.05) is 37.9 Å². The molecule has 1 aliphatic carbocycles. The van der Waals surface area contributed by atoms with Gasteiger partial charge in [0.2, 0.25) is 0 Å². The molecule has 4 rings (SSSR count). The molecule has 0 spiro atoms. The first-order valence-corrected chi connectivity index (χ1v) is 10.2. The van der Waals surface area contributed by atoms with E-state index in [0.29, 0.717) is 12.1 Å². The highest BCUT2D eigenvalue weighted by Gasteiger charge is 2.30. The van der Waals surface area contributed by atoms with Gasteiger partial charge in [-0.1, -0.05) is 25.8 Å². The van der Waals surface area contributed by atoms with Crippen molar-refractivity contribution < 1.29 is 4.74 Å². The summed E-state index contributed by atoms with van der Waals surface area (Å²) in [5.74, 6) is 1.97. The van der Waals surface area contributed by atoms with Crippen LogP contribution in [0, 0.1) is 0 Å². The van der Waals surface area contributed by atoms with Crippen LogP contribution in [-0.2, 0) is 0 Å². The van der Waals surface area contributed by atoms with E-state index in [-0.39, 0.29) is 0 Å². The van der Waals surface area contributed by atoms with E-state index < -0.39 is 0 Å². The molecule has 0 N–H and O–H groups in total. The van der Waals surface area contributed by atoms with Gasteiger partial charge in [0.15, 0.2) is 5.82 Å². The molecule has 7 heteroatoms. The van der Waals surface area contributed by atoms with Crippen LogP contribution in [0.5, 0.6) is 5.75 Å². The van der Waals surface area contributed by atoms with Crippen molar-refractivity contribution in [1.29, 1.82) is 0 Å². The quantitative estimate of drug-likeness (QED) is 0.779. The van der Waals surface area contributed by atoms with E-state index >= 15 is 0 Å². The molecule has 1 saturated carbocycles. The van der Waals surface area contributed by atoms with Crippen molar-refractivity contribution in [3.63, 3.8) is 0 Å². The molecular weight excluding hydrogens is 340 g/mol. The van der Waals surface area contributed by atoms with E-state index in [2.05, 4.69) is 55.1 Å². The monoisotopic (exact) mass is 370 g/mol. The van der Waals surface area contributed by atoms with Crippen LogP contribution in [0.1, 0.15) is 56.9 Å². The first-order chi connectivity index (χ1) is 13.3. The highest BCUT2D eigenvalue weighted by molar-refractivity contribution is 5.51. The third kappa shape index (κ3) is 3.78. The molecular formula is C20H30N6O. The first kappa shape index (κ1) is 18.2. The predicted octanol–water partition coefficient (Wildman–Crippen LogP) is 3.07. The van der Waals surface area contributed by atoms with Crippen LogP contribution in [0.15, 0.2) is 24.3 Å². The molecule has 7 nitrogen and oxygen atoms in total. The number of rotatable bonds is 6. The minimum atomic E-state index is 0.299. The molecule has 1 unspecified atom stereocenters. The first-order valence-electron chi connectivity index (χ1n) is 10.2. The molecule has 2 aliphatic rings. The van der Waals surface area contributed by atoms with Crippen molar-refractivity contribution in [2.45, 2.75) is 51.1 Å². The number of methoxy groups -OCH3 is 1. The van der Waals surface area contributed by atoms with Crippen LogP contribution in [0.2, 0.25) is 0 Å². The summed E-state index contributed by atoms with van der Waals surface area (Å²) in [7, 11) is 1.72. The third-order valence-corrected chi connectivity index (χ3v) is 6.05. The molecule has 0 radical (unpaired) electrons. The van der Waals surface area contributed by atoms with Gasteiger partial charge in [-0.3, -0.25) is 4.90 Å². The van der Waals surface area contributed by atoms with Gasteiger partial charge in [0.05, 0.1) is 19.2 Å². The van der Waals surface area contributed by atoms with Crippen molar-refractivity contribution in [3.8, 4) is 5.75 Å². The van der Waals surface area contributed by atoms with Crippen molar-refractivity contribution in [1.82, 2.24) is 25.1 Å². The zero-order chi connectivity index (χ0) is 18.6. The average molecular weight is 371 g/mol. The Labute approximate surface area is 161 Å². The maximum absolute atomic E-state index is 5.37. The molecule has 1 aromatic carbocycles. The predicted molar refractivity (Wildman–Crippen MR) is 105 cm³/mol. The lowest BCUT2D eigenvalue weighted by molar-refractivity contribution is 0.166. The number of hydrogen-bond donors (Lipinski definition) is 0. The fourth-order valence-corrected chi connectivity index (χ4v) is 4.53. The van der Waals surface area contributed by atoms with Gasteiger partial charge >= 0.3 is 0 Å². The summed E-state index contributed by atoms with van der Waals surface area (Å²) < 4.78 is 7.49. The molecule has 1 atom stereocenters. The molecule has 146 valence electrons. The maximum Gasteiger partial charge on any atom is 0.168 e. The fourth-order valence-electron chi connectivity index (χ4n) is 4.53. The van der Waals surface area contributed by atoms with Gasteiger partial charge in [0.1, 0.15) is 5.75 Å². The van der Waals surface area contributed by atoms with E-state index in [1.807, 2.05) is 6.07 Å². The van der Waals surface area contributed by atoms with Crippen LogP contribution in [0.25, 0.3) is 0 Å². The maximum atomic E-state index is 5.37. The molecule has 0 bridgehead atoms.